The fourth-order valence-electron chi connectivity index (χ4n) is 3.83. The van der Waals surface area contributed by atoms with E-state index >= 15 is 0 Å². The highest BCUT2D eigenvalue weighted by molar-refractivity contribution is 8.04. The molecule has 0 saturated carbocycles. The Kier molecular flexibility index (Phi) is 6.72. The summed E-state index contributed by atoms with van der Waals surface area (Å²) in [5.41, 5.74) is 3.76. The molecule has 0 bridgehead atoms. The number of allylic oxidation sites excluding steroid dienone is 1. The van der Waals surface area contributed by atoms with Gasteiger partial charge in [0.25, 0.3) is 0 Å². The van der Waals surface area contributed by atoms with Crippen LogP contribution in [0, 0.1) is 6.92 Å². The average Bonchev–Trinajstić information content (AvgIpc) is 3.33. The molecule has 0 radical (unpaired) electrons. The van der Waals surface area contributed by atoms with Gasteiger partial charge in [0.05, 0.1) is 0 Å². The number of carboxylic acids is 1. The molecule has 6 nitrogen and oxygen atoms in total. The number of hydrogen-bond acceptors (Lipinski definition) is 4. The Bertz CT molecular complexity index is 1370. The van der Waals surface area contributed by atoms with Crippen molar-refractivity contribution in [2.75, 3.05) is 0 Å². The number of para-hydroxylation sites is 1. The van der Waals surface area contributed by atoms with Crippen molar-refractivity contribution in [1.82, 2.24) is 19.3 Å². The van der Waals surface area contributed by atoms with Gasteiger partial charge < -0.3 is 14.2 Å². The van der Waals surface area contributed by atoms with E-state index in [1.807, 2.05) is 60.9 Å². The molecule has 0 fully saturated rings. The quantitative estimate of drug-likeness (QED) is 0.183. The molecular weight excluding hydrogens is 456 g/mol. The van der Waals surface area contributed by atoms with Crippen molar-refractivity contribution < 1.29 is 9.90 Å². The van der Waals surface area contributed by atoms with Crippen molar-refractivity contribution in [2.24, 2.45) is 0 Å². The van der Waals surface area contributed by atoms with Crippen molar-refractivity contribution in [3.05, 3.63) is 82.4 Å². The van der Waals surface area contributed by atoms with Gasteiger partial charge in [-0.3, -0.25) is 0 Å². The fraction of sp³-hybridized carbons (Fsp3) is 0.160. The average molecular weight is 479 g/mol. The van der Waals surface area contributed by atoms with Crippen molar-refractivity contribution in [3.63, 3.8) is 0 Å². The summed E-state index contributed by atoms with van der Waals surface area (Å²) in [6.45, 7) is 9.06. The largest absolute Gasteiger partial charge is 0.477 e. The second-order valence-corrected chi connectivity index (χ2v) is 8.83. The van der Waals surface area contributed by atoms with Crippen LogP contribution in [0.5, 0.6) is 0 Å². The van der Waals surface area contributed by atoms with Gasteiger partial charge in [-0.1, -0.05) is 35.9 Å². The number of benzene rings is 2. The third-order valence-electron chi connectivity index (χ3n) is 5.41. The van der Waals surface area contributed by atoms with Gasteiger partial charge in [0.1, 0.15) is 4.91 Å². The third-order valence-corrected chi connectivity index (χ3v) is 6.66. The molecule has 168 valence electrons. The second kappa shape index (κ2) is 9.68. The van der Waals surface area contributed by atoms with Gasteiger partial charge in [0.15, 0.2) is 11.0 Å². The van der Waals surface area contributed by atoms with Gasteiger partial charge in [0, 0.05) is 45.8 Å². The molecular formula is C25H23ClN4O2S. The summed E-state index contributed by atoms with van der Waals surface area (Å²) in [7, 11) is 0. The number of thioether (sulfide) groups is 1. The Morgan fingerprint density at radius 2 is 1.88 bits per heavy atom. The Morgan fingerprint density at radius 3 is 2.55 bits per heavy atom. The summed E-state index contributed by atoms with van der Waals surface area (Å²) < 4.78 is 4.03. The van der Waals surface area contributed by atoms with Crippen LogP contribution in [-0.2, 0) is 17.9 Å². The highest BCUT2D eigenvalue weighted by atomic mass is 35.5. The minimum absolute atomic E-state index is 0.171. The minimum atomic E-state index is -1.02. The number of carbonyl (C=O) groups is 1. The second-order valence-electron chi connectivity index (χ2n) is 7.39. The molecule has 8 heteroatoms. The molecule has 33 heavy (non-hydrogen) atoms. The lowest BCUT2D eigenvalue weighted by Gasteiger charge is -2.08. The fourth-order valence-corrected chi connectivity index (χ4v) is 4.82. The maximum Gasteiger partial charge on any atom is 0.342 e. The van der Waals surface area contributed by atoms with E-state index in [9.17, 15) is 9.90 Å². The molecule has 0 amide bonds. The molecule has 0 unspecified atom stereocenters. The normalized spacial score (nSPS) is 11.8. The van der Waals surface area contributed by atoms with Crippen LogP contribution in [0.25, 0.3) is 28.4 Å². The lowest BCUT2D eigenvalue weighted by atomic mass is 10.1. The number of fused-ring (bicyclic) bond motifs is 1. The van der Waals surface area contributed by atoms with E-state index in [2.05, 4.69) is 21.3 Å². The molecule has 1 N–H and O–H groups in total. The molecule has 2 aromatic heterocycles. The Hall–Kier alpha value is -3.29. The molecule has 0 aliphatic heterocycles. The van der Waals surface area contributed by atoms with Gasteiger partial charge in [-0.15, -0.1) is 16.8 Å². The van der Waals surface area contributed by atoms with Gasteiger partial charge in [0.2, 0.25) is 0 Å². The summed E-state index contributed by atoms with van der Waals surface area (Å²) in [5, 5.41) is 20.8. The summed E-state index contributed by atoms with van der Waals surface area (Å²) in [4.78, 5) is 12.4. The predicted octanol–water partition coefficient (Wildman–Crippen LogP) is 6.29. The first-order valence-corrected chi connectivity index (χ1v) is 11.6. The Balaban J connectivity index is 1.78. The Labute approximate surface area is 201 Å². The van der Waals surface area contributed by atoms with Crippen LogP contribution in [0.2, 0.25) is 5.02 Å². The molecule has 0 aliphatic carbocycles. The van der Waals surface area contributed by atoms with Crippen LogP contribution in [0.15, 0.2) is 71.2 Å². The number of nitrogens with zero attached hydrogens (tertiary/aromatic N) is 4. The van der Waals surface area contributed by atoms with Crippen molar-refractivity contribution in [2.45, 2.75) is 32.1 Å². The molecule has 4 aromatic rings. The zero-order valence-corrected chi connectivity index (χ0v) is 19.9. The molecule has 4 rings (SSSR count). The summed E-state index contributed by atoms with van der Waals surface area (Å²) in [6.07, 6.45) is 3.56. The molecule has 2 aromatic carbocycles. The van der Waals surface area contributed by atoms with E-state index in [1.54, 1.807) is 18.2 Å². The number of hydrogen-bond donors (Lipinski definition) is 1. The number of carboxylic acid groups (broad SMARTS) is 1. The summed E-state index contributed by atoms with van der Waals surface area (Å²) in [5.74, 6) is -0.348. The van der Waals surface area contributed by atoms with Crippen LogP contribution in [0.3, 0.4) is 0 Å². The van der Waals surface area contributed by atoms with Crippen molar-refractivity contribution >= 4 is 46.3 Å². The van der Waals surface area contributed by atoms with E-state index in [4.69, 9.17) is 11.6 Å². The topological polar surface area (TPSA) is 72.9 Å². The van der Waals surface area contributed by atoms with Crippen LogP contribution in [0.1, 0.15) is 18.2 Å². The minimum Gasteiger partial charge on any atom is -0.477 e. The van der Waals surface area contributed by atoms with Crippen LogP contribution in [0.4, 0.5) is 0 Å². The first-order valence-electron chi connectivity index (χ1n) is 10.4. The molecule has 0 saturated heterocycles. The highest BCUT2D eigenvalue weighted by Gasteiger charge is 2.20. The van der Waals surface area contributed by atoms with E-state index in [1.165, 1.54) is 0 Å². The van der Waals surface area contributed by atoms with Crippen LogP contribution >= 0.6 is 23.4 Å². The van der Waals surface area contributed by atoms with E-state index in [0.29, 0.717) is 29.1 Å². The monoisotopic (exact) mass is 478 g/mol. The van der Waals surface area contributed by atoms with Gasteiger partial charge in [-0.2, -0.15) is 0 Å². The SMILES string of the molecule is C=CCn1c(C)c(/C=C(\Sc2nnc(-c3ccc(Cl)cc3)n2CC)C(=O)O)c2ccccc21. The van der Waals surface area contributed by atoms with Crippen LogP contribution < -0.4 is 0 Å². The number of halogens is 1. The van der Waals surface area contributed by atoms with E-state index in [0.717, 1.165) is 39.5 Å². The maximum atomic E-state index is 12.2. The van der Waals surface area contributed by atoms with Crippen molar-refractivity contribution in [3.8, 4) is 11.4 Å². The standard InChI is InChI=1S/C25H23ClN4O2S/c1-4-14-30-16(3)20(19-8-6-7-9-21(19)30)15-22(24(31)32)33-25-28-27-23(29(25)5-2)17-10-12-18(26)13-11-17/h4,6-13,15H,1,5,14H2,2-3H3,(H,31,32)/b22-15-. The van der Waals surface area contributed by atoms with Crippen LogP contribution in [-0.4, -0.2) is 30.4 Å². The molecule has 0 atom stereocenters. The zero-order valence-electron chi connectivity index (χ0n) is 18.3. The maximum absolute atomic E-state index is 12.2. The van der Waals surface area contributed by atoms with Crippen molar-refractivity contribution in [1.29, 1.82) is 0 Å². The molecule has 2 heterocycles. The predicted molar refractivity (Wildman–Crippen MR) is 134 cm³/mol. The van der Waals surface area contributed by atoms with E-state index in [-0.39, 0.29) is 4.91 Å². The molecule has 0 aliphatic rings. The lowest BCUT2D eigenvalue weighted by Crippen LogP contribution is -2.03. The number of aromatic nitrogens is 4. The number of aliphatic carboxylic acids is 1. The highest BCUT2D eigenvalue weighted by Crippen LogP contribution is 2.34. The lowest BCUT2D eigenvalue weighted by molar-refractivity contribution is -0.131. The van der Waals surface area contributed by atoms with E-state index < -0.39 is 5.97 Å². The molecule has 0 spiro atoms. The Morgan fingerprint density at radius 1 is 1.15 bits per heavy atom. The van der Waals surface area contributed by atoms with Gasteiger partial charge >= 0.3 is 5.97 Å². The summed E-state index contributed by atoms with van der Waals surface area (Å²) in [6, 6.07) is 15.3. The number of rotatable bonds is 8. The smallest absolute Gasteiger partial charge is 0.342 e. The summed E-state index contributed by atoms with van der Waals surface area (Å²) >= 11 is 7.10. The van der Waals surface area contributed by atoms with Gasteiger partial charge in [-0.05, 0) is 62.0 Å². The first-order chi connectivity index (χ1) is 15.9. The first kappa shape index (κ1) is 22.9. The zero-order chi connectivity index (χ0) is 23.5. The third kappa shape index (κ3) is 4.47. The van der Waals surface area contributed by atoms with Gasteiger partial charge in [-0.25, -0.2) is 4.79 Å².